The van der Waals surface area contributed by atoms with Crippen molar-refractivity contribution in [3.8, 4) is 0 Å². The van der Waals surface area contributed by atoms with Crippen LogP contribution in [-0.2, 0) is 11.3 Å². The van der Waals surface area contributed by atoms with E-state index in [2.05, 4.69) is 10.5 Å². The number of nitrogens with one attached hydrogen (secondary N) is 1. The molecule has 0 aromatic carbocycles. The van der Waals surface area contributed by atoms with Crippen LogP contribution in [0.15, 0.2) is 4.52 Å². The number of nitrogens with zero attached hydrogens (tertiary/aromatic N) is 2. The maximum atomic E-state index is 12.2. The first-order valence-corrected chi connectivity index (χ1v) is 5.66. The van der Waals surface area contributed by atoms with Gasteiger partial charge in [0.1, 0.15) is 5.76 Å². The number of aromatic nitrogens is 1. The van der Waals surface area contributed by atoms with Crippen molar-refractivity contribution < 1.29 is 9.32 Å². The molecule has 0 fully saturated rings. The summed E-state index contributed by atoms with van der Waals surface area (Å²) >= 11 is 0. The van der Waals surface area contributed by atoms with Crippen LogP contribution in [0.25, 0.3) is 0 Å². The highest BCUT2D eigenvalue weighted by Gasteiger charge is 2.29. The quantitative estimate of drug-likeness (QED) is 0.859. The molecule has 0 aliphatic heterocycles. The Morgan fingerprint density at radius 2 is 2.06 bits per heavy atom. The van der Waals surface area contributed by atoms with Crippen molar-refractivity contribution in [1.29, 1.82) is 0 Å². The van der Waals surface area contributed by atoms with E-state index in [1.165, 1.54) is 0 Å². The molecule has 1 aromatic heterocycles. The number of hydrogen-bond donors (Lipinski definition) is 1. The molecule has 5 nitrogen and oxygen atoms in total. The first kappa shape index (κ1) is 13.7. The summed E-state index contributed by atoms with van der Waals surface area (Å²) in [5.74, 6) is 0.810. The van der Waals surface area contributed by atoms with Gasteiger partial charge >= 0.3 is 0 Å². The second-order valence-electron chi connectivity index (χ2n) is 4.84. The third kappa shape index (κ3) is 2.85. The Balaban J connectivity index is 2.80. The lowest BCUT2D eigenvalue weighted by molar-refractivity contribution is -0.136. The summed E-state index contributed by atoms with van der Waals surface area (Å²) in [7, 11) is 3.56. The first-order valence-electron chi connectivity index (χ1n) is 5.66. The van der Waals surface area contributed by atoms with Gasteiger partial charge in [-0.3, -0.25) is 4.79 Å². The van der Waals surface area contributed by atoms with Crippen molar-refractivity contribution in [2.24, 2.45) is 0 Å². The van der Waals surface area contributed by atoms with Crippen molar-refractivity contribution in [3.63, 3.8) is 0 Å². The molecule has 0 saturated heterocycles. The molecule has 0 saturated carbocycles. The fraction of sp³-hybridized carbons (Fsp3) is 0.667. The number of carbonyl (C=O) groups is 1. The Morgan fingerprint density at radius 1 is 1.47 bits per heavy atom. The number of likely N-dealkylation sites (N-methyl/N-ethyl adjacent to an activating group) is 2. The first-order chi connectivity index (χ1) is 7.79. The molecule has 1 rings (SSSR count). The van der Waals surface area contributed by atoms with Gasteiger partial charge in [0.15, 0.2) is 0 Å². The van der Waals surface area contributed by atoms with Crippen molar-refractivity contribution in [2.45, 2.75) is 39.8 Å². The molecule has 0 aliphatic rings. The summed E-state index contributed by atoms with van der Waals surface area (Å²) in [6, 6.07) is 0. The molecule has 0 unspecified atom stereocenters. The minimum absolute atomic E-state index is 0.0417. The van der Waals surface area contributed by atoms with E-state index < -0.39 is 5.54 Å². The molecule has 0 atom stereocenters. The van der Waals surface area contributed by atoms with E-state index in [1.54, 1.807) is 19.0 Å². The molecule has 0 bridgehead atoms. The van der Waals surface area contributed by atoms with Crippen LogP contribution in [0, 0.1) is 13.8 Å². The lowest BCUT2D eigenvalue weighted by atomic mass is 10.0. The molecule has 5 heteroatoms. The van der Waals surface area contributed by atoms with Crippen LogP contribution in [0.3, 0.4) is 0 Å². The van der Waals surface area contributed by atoms with Gasteiger partial charge in [0, 0.05) is 12.6 Å². The van der Waals surface area contributed by atoms with E-state index in [9.17, 15) is 4.79 Å². The topological polar surface area (TPSA) is 58.4 Å². The van der Waals surface area contributed by atoms with Gasteiger partial charge in [-0.25, -0.2) is 0 Å². The standard InChI is InChI=1S/C12H21N3O2/c1-8-10(9(2)17-14-8)7-15(6)11(16)12(3,4)13-5/h13H,7H2,1-6H3. The Bertz CT molecular complexity index is 390. The van der Waals surface area contributed by atoms with Crippen molar-refractivity contribution >= 4 is 5.91 Å². The van der Waals surface area contributed by atoms with E-state index in [-0.39, 0.29) is 5.91 Å². The van der Waals surface area contributed by atoms with Gasteiger partial charge in [0.25, 0.3) is 0 Å². The number of amides is 1. The van der Waals surface area contributed by atoms with Gasteiger partial charge in [0.2, 0.25) is 5.91 Å². The Kier molecular flexibility index (Phi) is 3.93. The normalized spacial score (nSPS) is 11.6. The monoisotopic (exact) mass is 239 g/mol. The Hall–Kier alpha value is -1.36. The summed E-state index contributed by atoms with van der Waals surface area (Å²) in [6.07, 6.45) is 0. The predicted molar refractivity (Wildman–Crippen MR) is 65.6 cm³/mol. The van der Waals surface area contributed by atoms with Crippen LogP contribution in [0.2, 0.25) is 0 Å². The fourth-order valence-corrected chi connectivity index (χ4v) is 1.62. The molecular formula is C12H21N3O2. The molecule has 0 aliphatic carbocycles. The van der Waals surface area contributed by atoms with Gasteiger partial charge in [-0.1, -0.05) is 5.16 Å². The van der Waals surface area contributed by atoms with Crippen LogP contribution < -0.4 is 5.32 Å². The lowest BCUT2D eigenvalue weighted by Crippen LogP contribution is -2.51. The number of rotatable bonds is 4. The lowest BCUT2D eigenvalue weighted by Gasteiger charge is -2.28. The van der Waals surface area contributed by atoms with E-state index in [4.69, 9.17) is 4.52 Å². The fourth-order valence-electron chi connectivity index (χ4n) is 1.62. The van der Waals surface area contributed by atoms with Gasteiger partial charge < -0.3 is 14.7 Å². The van der Waals surface area contributed by atoms with Gasteiger partial charge in [0.05, 0.1) is 17.8 Å². The summed E-state index contributed by atoms with van der Waals surface area (Å²) in [5, 5.41) is 6.88. The van der Waals surface area contributed by atoms with Crippen molar-refractivity contribution in [2.75, 3.05) is 14.1 Å². The zero-order chi connectivity index (χ0) is 13.2. The van der Waals surface area contributed by atoms with Gasteiger partial charge in [-0.05, 0) is 34.7 Å². The number of carbonyl (C=O) groups excluding carboxylic acids is 1. The molecule has 0 spiro atoms. The smallest absolute Gasteiger partial charge is 0.242 e. The number of aryl methyl sites for hydroxylation is 2. The van der Waals surface area contributed by atoms with E-state index in [1.807, 2.05) is 27.7 Å². The molecule has 1 N–H and O–H groups in total. The van der Waals surface area contributed by atoms with Crippen molar-refractivity contribution in [1.82, 2.24) is 15.4 Å². The maximum absolute atomic E-state index is 12.2. The Morgan fingerprint density at radius 3 is 2.47 bits per heavy atom. The minimum Gasteiger partial charge on any atom is -0.361 e. The average Bonchev–Trinajstić information content (AvgIpc) is 2.59. The highest BCUT2D eigenvalue weighted by Crippen LogP contribution is 2.16. The largest absolute Gasteiger partial charge is 0.361 e. The molecule has 1 amide bonds. The predicted octanol–water partition coefficient (Wildman–Crippen LogP) is 1.25. The van der Waals surface area contributed by atoms with Crippen LogP contribution in [-0.4, -0.2) is 35.6 Å². The van der Waals surface area contributed by atoms with Crippen molar-refractivity contribution in [3.05, 3.63) is 17.0 Å². The molecule has 17 heavy (non-hydrogen) atoms. The second-order valence-corrected chi connectivity index (χ2v) is 4.84. The second kappa shape index (κ2) is 4.87. The molecule has 0 radical (unpaired) electrons. The summed E-state index contributed by atoms with van der Waals surface area (Å²) in [5.41, 5.74) is 1.26. The third-order valence-corrected chi connectivity index (χ3v) is 3.08. The third-order valence-electron chi connectivity index (χ3n) is 3.08. The molecular weight excluding hydrogens is 218 g/mol. The average molecular weight is 239 g/mol. The van der Waals surface area contributed by atoms with Crippen LogP contribution in [0.5, 0.6) is 0 Å². The minimum atomic E-state index is -0.562. The molecule has 96 valence electrons. The van der Waals surface area contributed by atoms with Crippen LogP contribution >= 0.6 is 0 Å². The summed E-state index contributed by atoms with van der Waals surface area (Å²) in [4.78, 5) is 13.8. The summed E-state index contributed by atoms with van der Waals surface area (Å²) in [6.45, 7) is 7.98. The van der Waals surface area contributed by atoms with E-state index in [0.29, 0.717) is 6.54 Å². The summed E-state index contributed by atoms with van der Waals surface area (Å²) < 4.78 is 5.08. The van der Waals surface area contributed by atoms with Gasteiger partial charge in [-0.15, -0.1) is 0 Å². The zero-order valence-corrected chi connectivity index (χ0v) is 11.4. The molecule has 1 heterocycles. The number of hydrogen-bond acceptors (Lipinski definition) is 4. The Labute approximate surface area is 102 Å². The molecule has 1 aromatic rings. The SMILES string of the molecule is CNC(C)(C)C(=O)N(C)Cc1c(C)noc1C. The maximum Gasteiger partial charge on any atom is 0.242 e. The van der Waals surface area contributed by atoms with Gasteiger partial charge in [-0.2, -0.15) is 0 Å². The highest BCUT2D eigenvalue weighted by molar-refractivity contribution is 5.85. The van der Waals surface area contributed by atoms with E-state index in [0.717, 1.165) is 17.0 Å². The van der Waals surface area contributed by atoms with E-state index >= 15 is 0 Å². The zero-order valence-electron chi connectivity index (χ0n) is 11.4. The van der Waals surface area contributed by atoms with Crippen LogP contribution in [0.4, 0.5) is 0 Å². The highest BCUT2D eigenvalue weighted by atomic mass is 16.5. The van der Waals surface area contributed by atoms with Crippen LogP contribution in [0.1, 0.15) is 30.9 Å².